The minimum absolute atomic E-state index is 0.0949. The number of phenolic OH excluding ortho intramolecular Hbond substituents is 1. The van der Waals surface area contributed by atoms with Crippen molar-refractivity contribution >= 4 is 35.5 Å². The van der Waals surface area contributed by atoms with Crippen molar-refractivity contribution in [3.63, 3.8) is 0 Å². The Morgan fingerprint density at radius 1 is 0.889 bits per heavy atom. The zero-order valence-corrected chi connectivity index (χ0v) is 26.9. The molecule has 45 heavy (non-hydrogen) atoms. The maximum absolute atomic E-state index is 13.2. The highest BCUT2D eigenvalue weighted by Crippen LogP contribution is 2.18. The molecular weight excluding hydrogens is 592 g/mol. The number of aromatic hydroxyl groups is 1. The van der Waals surface area contributed by atoms with E-state index in [9.17, 15) is 29.4 Å². The number of nitrogens with one attached hydrogen (secondary N) is 3. The smallest absolute Gasteiger partial charge is 0.326 e. The lowest BCUT2D eigenvalue weighted by Crippen LogP contribution is -2.50. The van der Waals surface area contributed by atoms with Gasteiger partial charge in [0.15, 0.2) is 0 Å². The van der Waals surface area contributed by atoms with Crippen molar-refractivity contribution in [3.8, 4) is 5.75 Å². The van der Waals surface area contributed by atoms with E-state index in [0.717, 1.165) is 11.1 Å². The van der Waals surface area contributed by atoms with Crippen molar-refractivity contribution in [1.82, 2.24) is 20.9 Å². The Morgan fingerprint density at radius 3 is 2.09 bits per heavy atom. The van der Waals surface area contributed by atoms with Crippen LogP contribution in [0, 0.1) is 5.92 Å². The molecule has 2 rings (SSSR count). The van der Waals surface area contributed by atoms with Gasteiger partial charge in [-0.2, -0.15) is 0 Å². The lowest BCUT2D eigenvalue weighted by molar-refractivity contribution is -0.142. The Bertz CT molecular complexity index is 1250. The number of carboxylic acid groups (broad SMARTS) is 1. The molecule has 0 saturated heterocycles. The molecule has 0 aromatic heterocycles. The average molecular weight is 639 g/mol. The van der Waals surface area contributed by atoms with E-state index in [-0.39, 0.29) is 42.5 Å². The molecule has 11 heteroatoms. The minimum Gasteiger partial charge on any atom is -0.508 e. The molecule has 3 atom stereocenters. The molecule has 0 heterocycles. The Labute approximate surface area is 270 Å². The molecule has 10 nitrogen and oxygen atoms in total. The molecule has 0 fully saturated rings. The Morgan fingerprint density at radius 2 is 1.51 bits per heavy atom. The third-order valence-corrected chi connectivity index (χ3v) is 8.10. The third-order valence-electron chi connectivity index (χ3n) is 6.88. The summed E-state index contributed by atoms with van der Waals surface area (Å²) < 4.78 is 0. The van der Waals surface area contributed by atoms with Crippen LogP contribution in [0.4, 0.5) is 0 Å². The van der Waals surface area contributed by atoms with Gasteiger partial charge in [0.1, 0.15) is 11.8 Å². The first-order chi connectivity index (χ1) is 21.5. The van der Waals surface area contributed by atoms with Gasteiger partial charge in [-0.3, -0.25) is 19.3 Å². The van der Waals surface area contributed by atoms with E-state index in [1.165, 1.54) is 11.8 Å². The van der Waals surface area contributed by atoms with Gasteiger partial charge in [-0.25, -0.2) is 4.79 Å². The van der Waals surface area contributed by atoms with Gasteiger partial charge in [-0.1, -0.05) is 68.5 Å². The van der Waals surface area contributed by atoms with Gasteiger partial charge in [0, 0.05) is 25.4 Å². The van der Waals surface area contributed by atoms with Crippen molar-refractivity contribution in [2.75, 3.05) is 31.9 Å². The van der Waals surface area contributed by atoms with Crippen LogP contribution in [0.5, 0.6) is 5.75 Å². The molecule has 244 valence electrons. The predicted molar refractivity (Wildman–Crippen MR) is 179 cm³/mol. The number of hydrogen-bond donors (Lipinski definition) is 5. The van der Waals surface area contributed by atoms with Crippen molar-refractivity contribution in [1.29, 1.82) is 0 Å². The molecule has 2 aromatic rings. The number of carbonyl (C=O) groups is 4. The quantitative estimate of drug-likeness (QED) is 0.104. The van der Waals surface area contributed by atoms with Crippen molar-refractivity contribution in [2.24, 2.45) is 5.92 Å². The van der Waals surface area contributed by atoms with Gasteiger partial charge in [0.2, 0.25) is 17.7 Å². The van der Waals surface area contributed by atoms with Crippen LogP contribution in [0.3, 0.4) is 0 Å². The summed E-state index contributed by atoms with van der Waals surface area (Å²) in [6.45, 7) is 12.3. The van der Waals surface area contributed by atoms with E-state index in [1.54, 1.807) is 36.4 Å². The summed E-state index contributed by atoms with van der Waals surface area (Å²) in [6.07, 6.45) is 4.48. The number of aliphatic carboxylic acids is 1. The highest BCUT2D eigenvalue weighted by atomic mass is 32.2. The molecule has 0 radical (unpaired) electrons. The number of carboxylic acids is 1. The van der Waals surface area contributed by atoms with E-state index in [0.29, 0.717) is 38.1 Å². The van der Waals surface area contributed by atoms with Gasteiger partial charge < -0.3 is 26.2 Å². The zero-order chi connectivity index (χ0) is 33.2. The van der Waals surface area contributed by atoms with Crippen LogP contribution < -0.4 is 16.0 Å². The second-order valence-electron chi connectivity index (χ2n) is 11.1. The molecule has 3 amide bonds. The molecule has 0 unspecified atom stereocenters. The van der Waals surface area contributed by atoms with E-state index in [4.69, 9.17) is 0 Å². The van der Waals surface area contributed by atoms with Crippen LogP contribution in [0.2, 0.25) is 0 Å². The molecular formula is C34H46N4O6S. The highest BCUT2D eigenvalue weighted by molar-refractivity contribution is 8.00. The maximum atomic E-state index is 13.2. The van der Waals surface area contributed by atoms with Gasteiger partial charge in [0.05, 0.1) is 17.8 Å². The topological polar surface area (TPSA) is 148 Å². The standard InChI is InChI=1S/C34H46N4O6S/c1-5-17-38(18-6-2)29(21-26-12-14-27(39)15-13-26)32(41)36-23-31(40)35-16-19-45-30(22-25-10-8-7-9-11-25)33(42)37-28(34(43)44)20-24(3)4/h5-15,24,28-30,39H,1-2,16-23H2,3-4H3,(H,35,40)(H,36,41)(H,37,42)(H,43,44)/t28-,29-,30+/m0/s1. The minimum atomic E-state index is -1.07. The van der Waals surface area contributed by atoms with E-state index >= 15 is 0 Å². The lowest BCUT2D eigenvalue weighted by atomic mass is 10.0. The Kier molecular flexibility index (Phi) is 16.5. The SMILES string of the molecule is C=CCN(CC=C)[C@@H](Cc1ccc(O)cc1)C(=O)NCC(=O)NCCS[C@H](Cc1ccccc1)C(=O)N[C@@H](CC(C)C)C(=O)O. The molecule has 0 spiro atoms. The van der Waals surface area contributed by atoms with Crippen LogP contribution in [-0.4, -0.2) is 88.1 Å². The monoisotopic (exact) mass is 638 g/mol. The zero-order valence-electron chi connectivity index (χ0n) is 26.1. The number of benzene rings is 2. The van der Waals surface area contributed by atoms with Crippen molar-refractivity contribution in [3.05, 3.63) is 91.0 Å². The van der Waals surface area contributed by atoms with Gasteiger partial charge in [0.25, 0.3) is 0 Å². The van der Waals surface area contributed by atoms with Gasteiger partial charge >= 0.3 is 5.97 Å². The maximum Gasteiger partial charge on any atom is 0.326 e. The largest absolute Gasteiger partial charge is 0.508 e. The highest BCUT2D eigenvalue weighted by Gasteiger charge is 2.27. The fourth-order valence-electron chi connectivity index (χ4n) is 4.66. The predicted octanol–water partition coefficient (Wildman–Crippen LogP) is 3.17. The summed E-state index contributed by atoms with van der Waals surface area (Å²) in [5.74, 6) is -1.51. The summed E-state index contributed by atoms with van der Waals surface area (Å²) in [5.41, 5.74) is 1.79. The first-order valence-electron chi connectivity index (χ1n) is 15.0. The van der Waals surface area contributed by atoms with Crippen LogP contribution >= 0.6 is 11.8 Å². The fourth-order valence-corrected chi connectivity index (χ4v) is 5.69. The summed E-state index contributed by atoms with van der Waals surface area (Å²) >= 11 is 1.34. The van der Waals surface area contributed by atoms with Crippen LogP contribution in [0.25, 0.3) is 0 Å². The van der Waals surface area contributed by atoms with Crippen LogP contribution in [0.1, 0.15) is 31.4 Å². The number of carbonyl (C=O) groups excluding carboxylic acids is 3. The van der Waals surface area contributed by atoms with Crippen LogP contribution in [0.15, 0.2) is 79.9 Å². The van der Waals surface area contributed by atoms with E-state index in [2.05, 4.69) is 29.1 Å². The average Bonchev–Trinajstić information content (AvgIpc) is 3.00. The fraction of sp³-hybridized carbons (Fsp3) is 0.412. The number of amides is 3. The van der Waals surface area contributed by atoms with E-state index < -0.39 is 23.3 Å². The lowest BCUT2D eigenvalue weighted by Gasteiger charge is -2.29. The van der Waals surface area contributed by atoms with Crippen molar-refractivity contribution in [2.45, 2.75) is 50.4 Å². The molecule has 0 aliphatic rings. The summed E-state index contributed by atoms with van der Waals surface area (Å²) in [4.78, 5) is 52.6. The Balaban J connectivity index is 1.96. The molecule has 0 aliphatic carbocycles. The molecule has 0 saturated carbocycles. The summed E-state index contributed by atoms with van der Waals surface area (Å²) in [6, 6.07) is 14.5. The van der Waals surface area contributed by atoms with Crippen molar-refractivity contribution < 1.29 is 29.4 Å². The molecule has 2 aromatic carbocycles. The first kappa shape index (κ1) is 37.1. The normalized spacial score (nSPS) is 13.0. The number of hydrogen-bond acceptors (Lipinski definition) is 7. The first-order valence-corrected chi connectivity index (χ1v) is 16.1. The number of nitrogens with zero attached hydrogens (tertiary/aromatic N) is 1. The van der Waals surface area contributed by atoms with E-state index in [1.807, 2.05) is 49.1 Å². The van der Waals surface area contributed by atoms with Gasteiger partial charge in [-0.05, 0) is 48.4 Å². The third kappa shape index (κ3) is 14.0. The number of phenols is 1. The summed E-state index contributed by atoms with van der Waals surface area (Å²) in [5, 5.41) is 26.8. The number of rotatable bonds is 21. The molecule has 0 bridgehead atoms. The second kappa shape index (κ2) is 20.0. The van der Waals surface area contributed by atoms with Crippen LogP contribution in [-0.2, 0) is 32.0 Å². The molecule has 0 aliphatic heterocycles. The summed E-state index contributed by atoms with van der Waals surface area (Å²) in [7, 11) is 0. The van der Waals surface area contributed by atoms with Gasteiger partial charge in [-0.15, -0.1) is 24.9 Å². The number of thioether (sulfide) groups is 1. The second-order valence-corrected chi connectivity index (χ2v) is 12.4. The molecule has 5 N–H and O–H groups in total. The Hall–Kier alpha value is -4.09.